The lowest BCUT2D eigenvalue weighted by molar-refractivity contribution is -0.139. The van der Waals surface area contributed by atoms with Gasteiger partial charge in [-0.2, -0.15) is 0 Å². The summed E-state index contributed by atoms with van der Waals surface area (Å²) in [4.78, 5) is 15.1. The quantitative estimate of drug-likeness (QED) is 0.198. The molecule has 7 N–H and O–H groups in total. The lowest BCUT2D eigenvalue weighted by Crippen LogP contribution is -2.49. The molecular formula is C13H25N5O2S. The maximum Gasteiger partial charge on any atom is 0.326 e. The molecule has 1 atom stereocenters. The zero-order chi connectivity index (χ0) is 15.7. The molecule has 1 aliphatic rings. The summed E-state index contributed by atoms with van der Waals surface area (Å²) in [7, 11) is 0. The van der Waals surface area contributed by atoms with Gasteiger partial charge >= 0.3 is 5.97 Å². The third kappa shape index (κ3) is 7.69. The Hall–Kier alpha value is -1.57. The van der Waals surface area contributed by atoms with Crippen LogP contribution < -0.4 is 22.1 Å². The van der Waals surface area contributed by atoms with Crippen molar-refractivity contribution in [2.24, 2.45) is 16.5 Å². The van der Waals surface area contributed by atoms with Crippen LogP contribution in [0.25, 0.3) is 0 Å². The third-order valence-electron chi connectivity index (χ3n) is 3.49. The molecule has 0 bridgehead atoms. The molecule has 120 valence electrons. The van der Waals surface area contributed by atoms with Crippen LogP contribution in [0.2, 0.25) is 0 Å². The summed E-state index contributed by atoms with van der Waals surface area (Å²) in [6.45, 7) is 0.413. The molecule has 1 aliphatic carbocycles. The number of aliphatic carboxylic acids is 1. The predicted octanol–water partition coefficient (Wildman–Crippen LogP) is 0.290. The molecule has 1 saturated carbocycles. The molecule has 0 saturated heterocycles. The van der Waals surface area contributed by atoms with Crippen LogP contribution in [-0.4, -0.2) is 40.8 Å². The van der Waals surface area contributed by atoms with Crippen LogP contribution in [0.1, 0.15) is 44.9 Å². The van der Waals surface area contributed by atoms with E-state index in [1.54, 1.807) is 0 Å². The van der Waals surface area contributed by atoms with E-state index in [2.05, 4.69) is 15.6 Å². The first-order valence-electron chi connectivity index (χ1n) is 7.34. The lowest BCUT2D eigenvalue weighted by atomic mass is 9.96. The van der Waals surface area contributed by atoms with Gasteiger partial charge in [-0.05, 0) is 37.9 Å². The number of carboxylic acid groups (broad SMARTS) is 1. The van der Waals surface area contributed by atoms with E-state index in [0.717, 1.165) is 12.8 Å². The molecule has 0 aromatic heterocycles. The Morgan fingerprint density at radius 1 is 1.33 bits per heavy atom. The monoisotopic (exact) mass is 315 g/mol. The van der Waals surface area contributed by atoms with Gasteiger partial charge < -0.3 is 27.2 Å². The molecule has 0 heterocycles. The van der Waals surface area contributed by atoms with Gasteiger partial charge in [0.2, 0.25) is 0 Å². The summed E-state index contributed by atoms with van der Waals surface area (Å²) < 4.78 is 0. The highest BCUT2D eigenvalue weighted by atomic mass is 32.1. The van der Waals surface area contributed by atoms with Crippen LogP contribution >= 0.6 is 12.2 Å². The molecule has 1 unspecified atom stereocenters. The number of nitrogens with one attached hydrogen (secondary N) is 2. The summed E-state index contributed by atoms with van der Waals surface area (Å²) in [6.07, 6.45) is 6.82. The van der Waals surface area contributed by atoms with Gasteiger partial charge in [0.1, 0.15) is 6.04 Å². The van der Waals surface area contributed by atoms with E-state index >= 15 is 0 Å². The molecule has 8 heteroatoms. The van der Waals surface area contributed by atoms with Crippen molar-refractivity contribution in [2.45, 2.75) is 57.0 Å². The first-order valence-corrected chi connectivity index (χ1v) is 7.75. The summed E-state index contributed by atoms with van der Waals surface area (Å²) >= 11 is 5.20. The summed E-state index contributed by atoms with van der Waals surface area (Å²) in [5.74, 6) is -0.906. The summed E-state index contributed by atoms with van der Waals surface area (Å²) in [5, 5.41) is 15.7. The van der Waals surface area contributed by atoms with Gasteiger partial charge in [0.15, 0.2) is 11.1 Å². The minimum atomic E-state index is -0.924. The number of nitrogens with zero attached hydrogens (tertiary/aromatic N) is 1. The highest BCUT2D eigenvalue weighted by molar-refractivity contribution is 7.80. The standard InChI is InChI=1S/C13H25N5O2S/c14-12(15)16-8-4-7-10(11(19)20)18-13(21)17-9-5-2-1-3-6-9/h9-10H,1-8H2,(H,19,20)(H4,14,15,16)(H2,17,18,21). The Labute approximate surface area is 130 Å². The second-order valence-electron chi connectivity index (χ2n) is 5.29. The van der Waals surface area contributed by atoms with Gasteiger partial charge in [-0.15, -0.1) is 0 Å². The van der Waals surface area contributed by atoms with Crippen molar-refractivity contribution in [3.8, 4) is 0 Å². The van der Waals surface area contributed by atoms with E-state index < -0.39 is 12.0 Å². The van der Waals surface area contributed by atoms with Gasteiger partial charge in [0.05, 0.1) is 0 Å². The number of nitrogens with two attached hydrogens (primary N) is 2. The van der Waals surface area contributed by atoms with Crippen molar-refractivity contribution >= 4 is 29.3 Å². The Kier molecular flexibility index (Phi) is 7.81. The molecule has 0 aromatic rings. The van der Waals surface area contributed by atoms with E-state index in [1.165, 1.54) is 19.3 Å². The van der Waals surface area contributed by atoms with Crippen molar-refractivity contribution in [2.75, 3.05) is 6.54 Å². The second-order valence-corrected chi connectivity index (χ2v) is 5.70. The first-order chi connectivity index (χ1) is 9.99. The van der Waals surface area contributed by atoms with Crippen molar-refractivity contribution in [3.63, 3.8) is 0 Å². The van der Waals surface area contributed by atoms with E-state index in [1.807, 2.05) is 0 Å². The maximum absolute atomic E-state index is 11.2. The Balaban J connectivity index is 2.33. The zero-order valence-corrected chi connectivity index (χ0v) is 13.0. The zero-order valence-electron chi connectivity index (χ0n) is 12.2. The number of thiocarbonyl (C=S) groups is 1. The number of aliphatic imine (C=N–C) groups is 1. The average Bonchev–Trinajstić information content (AvgIpc) is 2.42. The fourth-order valence-electron chi connectivity index (χ4n) is 2.39. The van der Waals surface area contributed by atoms with Crippen LogP contribution in [0.3, 0.4) is 0 Å². The van der Waals surface area contributed by atoms with Crippen molar-refractivity contribution in [1.82, 2.24) is 10.6 Å². The Morgan fingerprint density at radius 3 is 2.57 bits per heavy atom. The van der Waals surface area contributed by atoms with Crippen LogP contribution in [0.15, 0.2) is 4.99 Å². The third-order valence-corrected chi connectivity index (χ3v) is 3.72. The molecule has 1 fully saturated rings. The normalized spacial score (nSPS) is 16.8. The molecule has 0 aliphatic heterocycles. The van der Waals surface area contributed by atoms with E-state index in [4.69, 9.17) is 23.7 Å². The number of carboxylic acids is 1. The fourth-order valence-corrected chi connectivity index (χ4v) is 2.70. The number of carbonyl (C=O) groups is 1. The van der Waals surface area contributed by atoms with Gasteiger partial charge in [0.25, 0.3) is 0 Å². The van der Waals surface area contributed by atoms with Crippen molar-refractivity contribution in [1.29, 1.82) is 0 Å². The number of guanidine groups is 1. The van der Waals surface area contributed by atoms with Gasteiger partial charge in [-0.25, -0.2) is 4.79 Å². The predicted molar refractivity (Wildman–Crippen MR) is 87.1 cm³/mol. The van der Waals surface area contributed by atoms with Crippen molar-refractivity contribution < 1.29 is 9.90 Å². The minimum Gasteiger partial charge on any atom is -0.480 e. The van der Waals surface area contributed by atoms with E-state index in [-0.39, 0.29) is 5.96 Å². The molecular weight excluding hydrogens is 290 g/mol. The maximum atomic E-state index is 11.2. The van der Waals surface area contributed by atoms with Crippen LogP contribution in [0, 0.1) is 0 Å². The largest absolute Gasteiger partial charge is 0.480 e. The number of hydrogen-bond acceptors (Lipinski definition) is 3. The molecule has 0 amide bonds. The van der Waals surface area contributed by atoms with Gasteiger partial charge in [0, 0.05) is 12.6 Å². The number of hydrogen-bond donors (Lipinski definition) is 5. The fraction of sp³-hybridized carbons (Fsp3) is 0.769. The van der Waals surface area contributed by atoms with Gasteiger partial charge in [-0.3, -0.25) is 4.99 Å². The molecule has 0 radical (unpaired) electrons. The Morgan fingerprint density at radius 2 is 2.00 bits per heavy atom. The lowest BCUT2D eigenvalue weighted by Gasteiger charge is -2.25. The number of rotatable bonds is 7. The molecule has 21 heavy (non-hydrogen) atoms. The smallest absolute Gasteiger partial charge is 0.326 e. The van der Waals surface area contributed by atoms with E-state index in [9.17, 15) is 9.90 Å². The van der Waals surface area contributed by atoms with Crippen LogP contribution in [0.5, 0.6) is 0 Å². The highest BCUT2D eigenvalue weighted by Gasteiger charge is 2.20. The first kappa shape index (κ1) is 17.5. The molecule has 0 spiro atoms. The molecule has 0 aromatic carbocycles. The van der Waals surface area contributed by atoms with Gasteiger partial charge in [-0.1, -0.05) is 19.3 Å². The summed E-state index contributed by atoms with van der Waals surface area (Å²) in [6, 6.07) is -0.363. The van der Waals surface area contributed by atoms with Crippen LogP contribution in [-0.2, 0) is 4.79 Å². The SMILES string of the molecule is NC(N)=NCCCC(NC(=S)NC1CCCCC1)C(=O)O. The average molecular weight is 315 g/mol. The van der Waals surface area contributed by atoms with E-state index in [0.29, 0.717) is 30.5 Å². The van der Waals surface area contributed by atoms with Crippen molar-refractivity contribution in [3.05, 3.63) is 0 Å². The van der Waals surface area contributed by atoms with Crippen LogP contribution in [0.4, 0.5) is 0 Å². The highest BCUT2D eigenvalue weighted by Crippen LogP contribution is 2.17. The topological polar surface area (TPSA) is 126 Å². The molecule has 7 nitrogen and oxygen atoms in total. The summed E-state index contributed by atoms with van der Waals surface area (Å²) in [5.41, 5.74) is 10.4. The molecule has 1 rings (SSSR count). The minimum absolute atomic E-state index is 0.0179. The Bertz CT molecular complexity index is 379. The second kappa shape index (κ2) is 9.38.